The third-order valence-electron chi connectivity index (χ3n) is 4.40. The zero-order chi connectivity index (χ0) is 19.1. The zero-order valence-electron chi connectivity index (χ0n) is 14.5. The molecule has 0 radical (unpaired) electrons. The van der Waals surface area contributed by atoms with E-state index in [1.54, 1.807) is 0 Å². The van der Waals surface area contributed by atoms with E-state index in [0.717, 1.165) is 5.56 Å². The molecule has 0 saturated heterocycles. The van der Waals surface area contributed by atoms with Gasteiger partial charge in [-0.15, -0.1) is 0 Å². The molecule has 2 aromatic carbocycles. The van der Waals surface area contributed by atoms with Crippen LogP contribution in [0.3, 0.4) is 0 Å². The van der Waals surface area contributed by atoms with Crippen molar-refractivity contribution < 1.29 is 19.8 Å². The number of aliphatic hydroxyl groups is 1. The second-order valence-corrected chi connectivity index (χ2v) is 6.42. The summed E-state index contributed by atoms with van der Waals surface area (Å²) in [6, 6.07) is 14.0. The summed E-state index contributed by atoms with van der Waals surface area (Å²) in [6.07, 6.45) is 0.804. The van der Waals surface area contributed by atoms with E-state index in [9.17, 15) is 19.8 Å². The second-order valence-electron chi connectivity index (χ2n) is 6.42. The molecule has 26 heavy (non-hydrogen) atoms. The van der Waals surface area contributed by atoms with Gasteiger partial charge < -0.3 is 21.7 Å². The number of aliphatic hydroxyl groups excluding tert-OH is 1. The number of hydrogen-bond donors (Lipinski definition) is 4. The summed E-state index contributed by atoms with van der Waals surface area (Å²) >= 11 is 0. The van der Waals surface area contributed by atoms with Crippen LogP contribution in [0.5, 0.6) is 5.75 Å². The fraction of sp³-hybridized carbons (Fsp3) is 0.300. The Labute approximate surface area is 152 Å². The molecular weight excluding hydrogens is 332 g/mol. The summed E-state index contributed by atoms with van der Waals surface area (Å²) in [5.74, 6) is -1.88. The van der Waals surface area contributed by atoms with Gasteiger partial charge in [0.1, 0.15) is 5.75 Å². The number of benzene rings is 2. The van der Waals surface area contributed by atoms with Gasteiger partial charge in [-0.2, -0.15) is 0 Å². The van der Waals surface area contributed by atoms with Gasteiger partial charge in [0.15, 0.2) is 0 Å². The van der Waals surface area contributed by atoms with Crippen LogP contribution < -0.4 is 11.5 Å². The van der Waals surface area contributed by atoms with Crippen LogP contribution in [-0.4, -0.2) is 28.1 Å². The lowest BCUT2D eigenvalue weighted by Gasteiger charge is -2.18. The van der Waals surface area contributed by atoms with Crippen molar-refractivity contribution >= 4 is 11.8 Å². The van der Waals surface area contributed by atoms with Gasteiger partial charge >= 0.3 is 0 Å². The largest absolute Gasteiger partial charge is 0.508 e. The molecule has 0 aromatic heterocycles. The van der Waals surface area contributed by atoms with Crippen molar-refractivity contribution in [2.45, 2.75) is 31.8 Å². The van der Waals surface area contributed by atoms with Crippen LogP contribution in [-0.2, 0) is 17.6 Å². The third-order valence-corrected chi connectivity index (χ3v) is 4.40. The molecule has 0 aliphatic carbocycles. The minimum Gasteiger partial charge on any atom is -0.508 e. The SMILES string of the molecule is NC(=O)c1ccc(O)c(CC(CC(O)CCc2ccccc2)C(N)=O)c1. The van der Waals surface area contributed by atoms with Gasteiger partial charge in [0.2, 0.25) is 11.8 Å². The quantitative estimate of drug-likeness (QED) is 0.543. The van der Waals surface area contributed by atoms with Gasteiger partial charge in [0.05, 0.1) is 6.10 Å². The summed E-state index contributed by atoms with van der Waals surface area (Å²) < 4.78 is 0. The van der Waals surface area contributed by atoms with Gasteiger partial charge in [-0.05, 0) is 55.0 Å². The molecule has 0 heterocycles. The zero-order valence-corrected chi connectivity index (χ0v) is 14.5. The average Bonchev–Trinajstić information content (AvgIpc) is 2.61. The normalized spacial score (nSPS) is 13.1. The van der Waals surface area contributed by atoms with Crippen molar-refractivity contribution in [1.82, 2.24) is 0 Å². The number of primary amides is 2. The molecule has 2 atom stereocenters. The van der Waals surface area contributed by atoms with Gasteiger partial charge in [-0.25, -0.2) is 0 Å². The summed E-state index contributed by atoms with van der Waals surface area (Å²) in [5, 5.41) is 20.2. The molecular formula is C20H24N2O4. The molecule has 2 unspecified atom stereocenters. The van der Waals surface area contributed by atoms with Crippen LogP contribution in [0.4, 0.5) is 0 Å². The fourth-order valence-electron chi connectivity index (χ4n) is 2.89. The van der Waals surface area contributed by atoms with E-state index >= 15 is 0 Å². The van der Waals surface area contributed by atoms with Crippen LogP contribution in [0, 0.1) is 5.92 Å². The maximum absolute atomic E-state index is 11.8. The average molecular weight is 356 g/mol. The van der Waals surface area contributed by atoms with Crippen LogP contribution in [0.2, 0.25) is 0 Å². The van der Waals surface area contributed by atoms with Crippen molar-refractivity contribution in [2.75, 3.05) is 0 Å². The molecule has 6 heteroatoms. The lowest BCUT2D eigenvalue weighted by molar-refractivity contribution is -0.122. The lowest BCUT2D eigenvalue weighted by Crippen LogP contribution is -2.29. The van der Waals surface area contributed by atoms with E-state index in [1.165, 1.54) is 18.2 Å². The summed E-state index contributed by atoms with van der Waals surface area (Å²) in [4.78, 5) is 23.1. The number of aromatic hydroxyl groups is 1. The van der Waals surface area contributed by atoms with Crippen LogP contribution in [0.25, 0.3) is 0 Å². The molecule has 0 aliphatic rings. The Kier molecular flexibility index (Phi) is 6.74. The topological polar surface area (TPSA) is 127 Å². The Morgan fingerprint density at radius 1 is 1.04 bits per heavy atom. The number of aryl methyl sites for hydroxylation is 1. The van der Waals surface area contributed by atoms with Gasteiger partial charge in [-0.3, -0.25) is 9.59 Å². The number of phenolic OH excluding ortho intramolecular Hbond substituents is 1. The predicted molar refractivity (Wildman–Crippen MR) is 98.4 cm³/mol. The highest BCUT2D eigenvalue weighted by Gasteiger charge is 2.22. The smallest absolute Gasteiger partial charge is 0.248 e. The molecule has 0 spiro atoms. The standard InChI is InChI=1S/C20H24N2O4/c21-19(25)14-7-9-18(24)15(10-14)11-16(20(22)26)12-17(23)8-6-13-4-2-1-3-5-13/h1-5,7,9-10,16-17,23-24H,6,8,11-12H2,(H2,21,25)(H2,22,26). The summed E-state index contributed by atoms with van der Waals surface area (Å²) in [7, 11) is 0. The summed E-state index contributed by atoms with van der Waals surface area (Å²) in [5.41, 5.74) is 12.5. The Bertz CT molecular complexity index is 762. The Morgan fingerprint density at radius 3 is 2.35 bits per heavy atom. The van der Waals surface area contributed by atoms with Gasteiger partial charge in [-0.1, -0.05) is 30.3 Å². The number of amides is 2. The maximum atomic E-state index is 11.8. The number of rotatable bonds is 9. The summed E-state index contributed by atoms with van der Waals surface area (Å²) in [6.45, 7) is 0. The van der Waals surface area contributed by atoms with E-state index in [4.69, 9.17) is 11.5 Å². The molecule has 138 valence electrons. The molecule has 0 bridgehead atoms. The Morgan fingerprint density at radius 2 is 1.73 bits per heavy atom. The molecule has 2 aromatic rings. The number of carbonyl (C=O) groups is 2. The monoisotopic (exact) mass is 356 g/mol. The molecule has 0 aliphatic heterocycles. The van der Waals surface area contributed by atoms with E-state index in [1.807, 2.05) is 30.3 Å². The maximum Gasteiger partial charge on any atom is 0.248 e. The first-order chi connectivity index (χ1) is 12.4. The van der Waals surface area contributed by atoms with Crippen molar-refractivity contribution in [3.05, 3.63) is 65.2 Å². The Hall–Kier alpha value is -2.86. The first kappa shape index (κ1) is 19.5. The van der Waals surface area contributed by atoms with E-state index in [2.05, 4.69) is 0 Å². The van der Waals surface area contributed by atoms with Crippen molar-refractivity contribution in [3.8, 4) is 5.75 Å². The molecule has 6 N–H and O–H groups in total. The number of nitrogens with two attached hydrogens (primary N) is 2. The highest BCUT2D eigenvalue weighted by Crippen LogP contribution is 2.24. The molecule has 0 saturated carbocycles. The first-order valence-electron chi connectivity index (χ1n) is 8.49. The number of hydrogen-bond acceptors (Lipinski definition) is 4. The van der Waals surface area contributed by atoms with E-state index in [-0.39, 0.29) is 24.2 Å². The minimum absolute atomic E-state index is 0.0416. The van der Waals surface area contributed by atoms with Crippen LogP contribution >= 0.6 is 0 Å². The fourth-order valence-corrected chi connectivity index (χ4v) is 2.89. The van der Waals surface area contributed by atoms with Crippen molar-refractivity contribution in [2.24, 2.45) is 17.4 Å². The lowest BCUT2D eigenvalue weighted by atomic mass is 9.90. The highest BCUT2D eigenvalue weighted by molar-refractivity contribution is 5.93. The van der Waals surface area contributed by atoms with Crippen molar-refractivity contribution in [3.63, 3.8) is 0 Å². The molecule has 2 amide bonds. The number of phenols is 1. The molecule has 2 rings (SSSR count). The first-order valence-corrected chi connectivity index (χ1v) is 8.49. The van der Waals surface area contributed by atoms with Crippen molar-refractivity contribution in [1.29, 1.82) is 0 Å². The minimum atomic E-state index is -0.700. The van der Waals surface area contributed by atoms with E-state index in [0.29, 0.717) is 18.4 Å². The van der Waals surface area contributed by atoms with Crippen LogP contribution in [0.15, 0.2) is 48.5 Å². The van der Waals surface area contributed by atoms with Crippen LogP contribution in [0.1, 0.15) is 34.3 Å². The molecule has 6 nitrogen and oxygen atoms in total. The third kappa shape index (κ3) is 5.60. The van der Waals surface area contributed by atoms with E-state index < -0.39 is 23.8 Å². The molecule has 0 fully saturated rings. The Balaban J connectivity index is 2.01. The highest BCUT2D eigenvalue weighted by atomic mass is 16.3. The number of carbonyl (C=O) groups excluding carboxylic acids is 2. The van der Waals surface area contributed by atoms with Gasteiger partial charge in [0, 0.05) is 11.5 Å². The predicted octanol–water partition coefficient (Wildman–Crippen LogP) is 1.52. The van der Waals surface area contributed by atoms with Gasteiger partial charge in [0.25, 0.3) is 0 Å². The second kappa shape index (κ2) is 9.01.